The number of sulfonamides is 1. The average Bonchev–Trinajstić information content (AvgIpc) is 2.79. The van der Waals surface area contributed by atoms with Crippen LogP contribution in [0.15, 0.2) is 29.4 Å². The van der Waals surface area contributed by atoms with E-state index in [9.17, 15) is 17.2 Å². The Labute approximate surface area is 120 Å². The molecule has 0 fully saturated rings. The molecule has 1 aromatic heterocycles. The number of aromatic nitrogens is 2. The first-order valence-electron chi connectivity index (χ1n) is 6.01. The van der Waals surface area contributed by atoms with Gasteiger partial charge in [0.2, 0.25) is 10.0 Å². The number of nitrogens with one attached hydrogen (secondary N) is 1. The molecule has 1 aromatic carbocycles. The quantitative estimate of drug-likeness (QED) is 0.799. The summed E-state index contributed by atoms with van der Waals surface area (Å²) in [5.41, 5.74) is 4.83. The van der Waals surface area contributed by atoms with Gasteiger partial charge in [-0.2, -0.15) is 0 Å². The first-order valence-corrected chi connectivity index (χ1v) is 7.50. The van der Waals surface area contributed by atoms with Crippen molar-refractivity contribution in [2.45, 2.75) is 11.3 Å². The summed E-state index contributed by atoms with van der Waals surface area (Å²) in [6.07, 6.45) is 3.65. The number of aryl methyl sites for hydroxylation is 1. The molecule has 2 rings (SSSR count). The summed E-state index contributed by atoms with van der Waals surface area (Å²) in [6.45, 7) is 0.0317. The summed E-state index contributed by atoms with van der Waals surface area (Å²) < 4.78 is 54.5. The van der Waals surface area contributed by atoms with E-state index in [1.807, 2.05) is 0 Å². The van der Waals surface area contributed by atoms with Crippen LogP contribution in [-0.2, 0) is 23.5 Å². The second-order valence-electron chi connectivity index (χ2n) is 4.41. The molecule has 0 spiro atoms. The molecule has 6 nitrogen and oxygen atoms in total. The molecule has 0 saturated carbocycles. The van der Waals surface area contributed by atoms with Crippen LogP contribution in [0.3, 0.4) is 0 Å². The lowest BCUT2D eigenvalue weighted by atomic mass is 10.3. The molecule has 9 heteroatoms. The topological polar surface area (TPSA) is 90.0 Å². The molecule has 0 unspecified atom stereocenters. The fourth-order valence-corrected chi connectivity index (χ4v) is 2.89. The monoisotopic (exact) mass is 316 g/mol. The van der Waals surface area contributed by atoms with Gasteiger partial charge in [0.25, 0.3) is 0 Å². The van der Waals surface area contributed by atoms with Crippen molar-refractivity contribution in [3.05, 3.63) is 42.0 Å². The van der Waals surface area contributed by atoms with E-state index in [2.05, 4.69) is 9.71 Å². The van der Waals surface area contributed by atoms with Gasteiger partial charge in [0.15, 0.2) is 0 Å². The van der Waals surface area contributed by atoms with E-state index in [4.69, 9.17) is 5.73 Å². The standard InChI is InChI=1S/C12H14F2N4O2S/c1-18-5-4-16-12(18)2-3-17-21(19,20)11-7-10(15)8(13)6-9(11)14/h4-7,17H,2-3,15H2,1H3. The van der Waals surface area contributed by atoms with Crippen molar-refractivity contribution in [2.75, 3.05) is 12.3 Å². The fourth-order valence-electron chi connectivity index (χ4n) is 1.76. The number of hydrogen-bond donors (Lipinski definition) is 2. The van der Waals surface area contributed by atoms with Gasteiger partial charge in [-0.05, 0) is 6.07 Å². The van der Waals surface area contributed by atoms with Crippen molar-refractivity contribution in [3.63, 3.8) is 0 Å². The van der Waals surface area contributed by atoms with Crippen LogP contribution in [0.2, 0.25) is 0 Å². The van der Waals surface area contributed by atoms with Crippen molar-refractivity contribution in [3.8, 4) is 0 Å². The third kappa shape index (κ3) is 3.37. The van der Waals surface area contributed by atoms with E-state index >= 15 is 0 Å². The molecule has 0 atom stereocenters. The smallest absolute Gasteiger partial charge is 0.243 e. The second kappa shape index (κ2) is 5.78. The largest absolute Gasteiger partial charge is 0.396 e. The summed E-state index contributed by atoms with van der Waals surface area (Å²) in [5.74, 6) is -1.51. The molecule has 114 valence electrons. The summed E-state index contributed by atoms with van der Waals surface area (Å²) >= 11 is 0. The summed E-state index contributed by atoms with van der Waals surface area (Å²) in [7, 11) is -2.33. The highest BCUT2D eigenvalue weighted by Gasteiger charge is 2.21. The Morgan fingerprint density at radius 2 is 2.05 bits per heavy atom. The van der Waals surface area contributed by atoms with E-state index in [0.29, 0.717) is 18.3 Å². The Kier molecular flexibility index (Phi) is 4.24. The zero-order valence-electron chi connectivity index (χ0n) is 11.2. The Morgan fingerprint density at radius 1 is 1.33 bits per heavy atom. The van der Waals surface area contributed by atoms with E-state index < -0.39 is 32.2 Å². The van der Waals surface area contributed by atoms with Crippen LogP contribution in [0.1, 0.15) is 5.82 Å². The predicted molar refractivity (Wildman–Crippen MR) is 72.9 cm³/mol. The van der Waals surface area contributed by atoms with E-state index in [0.717, 1.165) is 6.07 Å². The van der Waals surface area contributed by atoms with Gasteiger partial charge < -0.3 is 10.3 Å². The lowest BCUT2D eigenvalue weighted by Gasteiger charge is -2.09. The number of halogens is 2. The van der Waals surface area contributed by atoms with Crippen LogP contribution < -0.4 is 10.5 Å². The highest BCUT2D eigenvalue weighted by Crippen LogP contribution is 2.20. The molecular formula is C12H14F2N4O2S. The minimum Gasteiger partial charge on any atom is -0.396 e. The molecule has 0 aliphatic rings. The normalized spacial score (nSPS) is 11.8. The van der Waals surface area contributed by atoms with Gasteiger partial charge in [0.1, 0.15) is 22.4 Å². The zero-order chi connectivity index (χ0) is 15.6. The highest BCUT2D eigenvalue weighted by atomic mass is 32.2. The minimum absolute atomic E-state index is 0.0317. The van der Waals surface area contributed by atoms with Gasteiger partial charge >= 0.3 is 0 Å². The lowest BCUT2D eigenvalue weighted by molar-refractivity contribution is 0.544. The summed E-state index contributed by atoms with van der Waals surface area (Å²) in [4.78, 5) is 3.36. The van der Waals surface area contributed by atoms with Crippen molar-refractivity contribution in [1.29, 1.82) is 0 Å². The average molecular weight is 316 g/mol. The number of nitrogen functional groups attached to an aromatic ring is 1. The molecule has 0 aliphatic heterocycles. The number of nitrogens with two attached hydrogens (primary N) is 1. The molecular weight excluding hydrogens is 302 g/mol. The predicted octanol–water partition coefficient (Wildman–Crippen LogP) is 0.802. The van der Waals surface area contributed by atoms with Crippen LogP contribution in [0.5, 0.6) is 0 Å². The van der Waals surface area contributed by atoms with Crippen LogP contribution in [0.4, 0.5) is 14.5 Å². The van der Waals surface area contributed by atoms with Gasteiger partial charge in [0, 0.05) is 38.5 Å². The Hall–Kier alpha value is -2.00. The van der Waals surface area contributed by atoms with Crippen LogP contribution >= 0.6 is 0 Å². The van der Waals surface area contributed by atoms with Crippen LogP contribution in [0, 0.1) is 11.6 Å². The maximum absolute atomic E-state index is 13.6. The second-order valence-corrected chi connectivity index (χ2v) is 6.14. The van der Waals surface area contributed by atoms with E-state index in [1.54, 1.807) is 24.0 Å². The van der Waals surface area contributed by atoms with Gasteiger partial charge in [0.05, 0.1) is 5.69 Å². The summed E-state index contributed by atoms with van der Waals surface area (Å²) in [5, 5.41) is 0. The molecule has 2 aromatic rings. The molecule has 0 amide bonds. The first kappa shape index (κ1) is 15.4. The van der Waals surface area contributed by atoms with Crippen LogP contribution in [0.25, 0.3) is 0 Å². The highest BCUT2D eigenvalue weighted by molar-refractivity contribution is 7.89. The maximum atomic E-state index is 13.6. The third-order valence-corrected chi connectivity index (χ3v) is 4.38. The number of benzene rings is 1. The van der Waals surface area contributed by atoms with Gasteiger partial charge in [-0.3, -0.25) is 0 Å². The lowest BCUT2D eigenvalue weighted by Crippen LogP contribution is -2.27. The van der Waals surface area contributed by atoms with Crippen molar-refractivity contribution < 1.29 is 17.2 Å². The minimum atomic E-state index is -4.10. The fraction of sp³-hybridized carbons (Fsp3) is 0.250. The first-order chi connectivity index (χ1) is 9.81. The van der Waals surface area contributed by atoms with Crippen molar-refractivity contribution in [2.24, 2.45) is 7.05 Å². The van der Waals surface area contributed by atoms with Crippen LogP contribution in [-0.4, -0.2) is 24.5 Å². The molecule has 1 heterocycles. The Balaban J connectivity index is 2.12. The number of hydrogen-bond acceptors (Lipinski definition) is 4. The number of imidazole rings is 1. The van der Waals surface area contributed by atoms with Gasteiger partial charge in [-0.25, -0.2) is 26.9 Å². The van der Waals surface area contributed by atoms with Gasteiger partial charge in [-0.15, -0.1) is 0 Å². The molecule has 3 N–H and O–H groups in total. The third-order valence-electron chi connectivity index (χ3n) is 2.90. The Bertz CT molecular complexity index is 759. The maximum Gasteiger partial charge on any atom is 0.243 e. The van der Waals surface area contributed by atoms with Crippen molar-refractivity contribution in [1.82, 2.24) is 14.3 Å². The van der Waals surface area contributed by atoms with Gasteiger partial charge in [-0.1, -0.05) is 0 Å². The SMILES string of the molecule is Cn1ccnc1CCNS(=O)(=O)c1cc(N)c(F)cc1F. The molecule has 0 radical (unpaired) electrons. The number of anilines is 1. The molecule has 0 aliphatic carbocycles. The van der Waals surface area contributed by atoms with E-state index in [1.165, 1.54) is 0 Å². The number of rotatable bonds is 5. The summed E-state index contributed by atoms with van der Waals surface area (Å²) in [6, 6.07) is 1.20. The number of nitrogens with zero attached hydrogens (tertiary/aromatic N) is 2. The Morgan fingerprint density at radius 3 is 2.67 bits per heavy atom. The molecule has 0 bridgehead atoms. The van der Waals surface area contributed by atoms with Crippen molar-refractivity contribution >= 4 is 15.7 Å². The molecule has 21 heavy (non-hydrogen) atoms. The van der Waals surface area contributed by atoms with E-state index in [-0.39, 0.29) is 6.54 Å². The zero-order valence-corrected chi connectivity index (χ0v) is 12.0. The molecule has 0 saturated heterocycles.